The molecule has 0 aliphatic carbocycles. The maximum atomic E-state index is 13.0. The number of carbonyl (C=O) groups excluding carboxylic acids is 2. The largest absolute Gasteiger partial charge is 0.461 e. The Morgan fingerprint density at radius 1 is 1.19 bits per heavy atom. The third-order valence-electron chi connectivity index (χ3n) is 4.95. The maximum absolute atomic E-state index is 13.0. The van der Waals surface area contributed by atoms with Crippen LogP contribution in [0.2, 0.25) is 0 Å². The standard InChI is InChI=1S/C21H27N3O3/c1-6-27-20(26)18-16-13-24(12-11-17(16)22-23(18)5)19(25)14-7-9-15(10-8-14)21(2,3)4/h7-10H,6,11-13H2,1-5H3. The van der Waals surface area contributed by atoms with E-state index in [2.05, 4.69) is 25.9 Å². The van der Waals surface area contributed by atoms with Gasteiger partial charge in [0.2, 0.25) is 0 Å². The van der Waals surface area contributed by atoms with E-state index in [1.165, 1.54) is 5.56 Å². The molecule has 1 amide bonds. The lowest BCUT2D eigenvalue weighted by Crippen LogP contribution is -2.36. The SMILES string of the molecule is CCOC(=O)c1c2c(nn1C)CCN(C(=O)c1ccc(C(C)(C)C)cc1)C2. The lowest BCUT2D eigenvalue weighted by Gasteiger charge is -2.27. The van der Waals surface area contributed by atoms with Crippen LogP contribution in [0.25, 0.3) is 0 Å². The van der Waals surface area contributed by atoms with E-state index in [1.807, 2.05) is 24.3 Å². The highest BCUT2D eigenvalue weighted by Crippen LogP contribution is 2.26. The number of fused-ring (bicyclic) bond motifs is 1. The second-order valence-corrected chi connectivity index (χ2v) is 7.92. The normalized spacial score (nSPS) is 14.0. The van der Waals surface area contributed by atoms with E-state index >= 15 is 0 Å². The smallest absolute Gasteiger partial charge is 0.356 e. The summed E-state index contributed by atoms with van der Waals surface area (Å²) in [7, 11) is 1.74. The van der Waals surface area contributed by atoms with Crippen LogP contribution in [0, 0.1) is 0 Å². The van der Waals surface area contributed by atoms with Crippen LogP contribution in [0.5, 0.6) is 0 Å². The molecule has 1 aliphatic rings. The van der Waals surface area contributed by atoms with E-state index in [4.69, 9.17) is 4.74 Å². The Morgan fingerprint density at radius 3 is 2.44 bits per heavy atom. The molecule has 0 atom stereocenters. The highest BCUT2D eigenvalue weighted by atomic mass is 16.5. The van der Waals surface area contributed by atoms with Crippen molar-refractivity contribution in [3.8, 4) is 0 Å². The van der Waals surface area contributed by atoms with Gasteiger partial charge in [-0.15, -0.1) is 0 Å². The molecule has 0 spiro atoms. The molecule has 2 aromatic rings. The van der Waals surface area contributed by atoms with Crippen LogP contribution in [0.1, 0.15) is 65.4 Å². The minimum Gasteiger partial charge on any atom is -0.461 e. The quantitative estimate of drug-likeness (QED) is 0.780. The van der Waals surface area contributed by atoms with Gasteiger partial charge >= 0.3 is 5.97 Å². The zero-order valence-electron chi connectivity index (χ0n) is 16.7. The van der Waals surface area contributed by atoms with Gasteiger partial charge < -0.3 is 9.64 Å². The molecule has 1 aromatic heterocycles. The summed E-state index contributed by atoms with van der Waals surface area (Å²) in [5.74, 6) is -0.419. The van der Waals surface area contributed by atoms with Crippen molar-refractivity contribution in [3.05, 3.63) is 52.3 Å². The first-order chi connectivity index (χ1) is 12.7. The number of amides is 1. The summed E-state index contributed by atoms with van der Waals surface area (Å²) in [6, 6.07) is 7.79. The average Bonchev–Trinajstić information content (AvgIpc) is 2.95. The number of esters is 1. The number of hydrogen-bond donors (Lipinski definition) is 0. The molecule has 0 unspecified atom stereocenters. The first-order valence-electron chi connectivity index (χ1n) is 9.34. The molecule has 0 saturated carbocycles. The van der Waals surface area contributed by atoms with Gasteiger partial charge in [-0.1, -0.05) is 32.9 Å². The highest BCUT2D eigenvalue weighted by Gasteiger charge is 2.30. The number of aryl methyl sites for hydroxylation is 1. The van der Waals surface area contributed by atoms with Crippen molar-refractivity contribution in [3.63, 3.8) is 0 Å². The first kappa shape index (κ1) is 19.1. The summed E-state index contributed by atoms with van der Waals surface area (Å²) in [6.45, 7) is 9.49. The topological polar surface area (TPSA) is 64.4 Å². The molecular weight excluding hydrogens is 342 g/mol. The molecule has 1 aliphatic heterocycles. The van der Waals surface area contributed by atoms with Gasteiger partial charge in [0.05, 0.1) is 18.8 Å². The third-order valence-corrected chi connectivity index (χ3v) is 4.95. The van der Waals surface area contributed by atoms with Gasteiger partial charge in [-0.05, 0) is 30.0 Å². The van der Waals surface area contributed by atoms with Crippen LogP contribution in [0.15, 0.2) is 24.3 Å². The van der Waals surface area contributed by atoms with E-state index in [1.54, 1.807) is 23.6 Å². The maximum Gasteiger partial charge on any atom is 0.356 e. The summed E-state index contributed by atoms with van der Waals surface area (Å²) in [5, 5.41) is 4.44. The lowest BCUT2D eigenvalue weighted by atomic mass is 9.86. The molecule has 0 fully saturated rings. The second kappa shape index (κ2) is 7.18. The Balaban J connectivity index is 1.83. The van der Waals surface area contributed by atoms with E-state index in [9.17, 15) is 9.59 Å². The molecule has 0 bridgehead atoms. The molecule has 2 heterocycles. The van der Waals surface area contributed by atoms with Gasteiger partial charge in [-0.25, -0.2) is 4.79 Å². The number of nitrogens with zero attached hydrogens (tertiary/aromatic N) is 3. The summed E-state index contributed by atoms with van der Waals surface area (Å²) in [4.78, 5) is 27.0. The molecule has 0 radical (unpaired) electrons. The zero-order chi connectivity index (χ0) is 19.8. The summed E-state index contributed by atoms with van der Waals surface area (Å²) in [6.07, 6.45) is 0.633. The minimum atomic E-state index is -0.391. The minimum absolute atomic E-state index is 0.0280. The molecule has 3 rings (SSSR count). The van der Waals surface area contributed by atoms with Crippen molar-refractivity contribution in [2.75, 3.05) is 13.2 Å². The van der Waals surface area contributed by atoms with Crippen LogP contribution in [0.4, 0.5) is 0 Å². The van der Waals surface area contributed by atoms with Gasteiger partial charge in [0.15, 0.2) is 5.69 Å². The molecule has 0 N–H and O–H groups in total. The van der Waals surface area contributed by atoms with Crippen molar-refractivity contribution in [2.45, 2.75) is 46.1 Å². The van der Waals surface area contributed by atoms with Crippen molar-refractivity contribution in [2.24, 2.45) is 7.05 Å². The van der Waals surface area contributed by atoms with Gasteiger partial charge in [-0.3, -0.25) is 9.48 Å². The predicted octanol–water partition coefficient (Wildman–Crippen LogP) is 3.09. The zero-order valence-corrected chi connectivity index (χ0v) is 16.7. The van der Waals surface area contributed by atoms with Gasteiger partial charge in [0, 0.05) is 31.1 Å². The van der Waals surface area contributed by atoms with E-state index < -0.39 is 5.97 Å². The monoisotopic (exact) mass is 369 g/mol. The van der Waals surface area contributed by atoms with Crippen LogP contribution in [-0.2, 0) is 30.2 Å². The van der Waals surface area contributed by atoms with Crippen molar-refractivity contribution >= 4 is 11.9 Å². The number of rotatable bonds is 3. The molecule has 6 nitrogen and oxygen atoms in total. The Hall–Kier alpha value is -2.63. The molecule has 1 aromatic carbocycles. The second-order valence-electron chi connectivity index (χ2n) is 7.92. The fourth-order valence-electron chi connectivity index (χ4n) is 3.42. The Kier molecular flexibility index (Phi) is 5.09. The van der Waals surface area contributed by atoms with Gasteiger partial charge in [0.1, 0.15) is 0 Å². The number of benzene rings is 1. The van der Waals surface area contributed by atoms with E-state index in [-0.39, 0.29) is 11.3 Å². The summed E-state index contributed by atoms with van der Waals surface area (Å²) >= 11 is 0. The molecule has 144 valence electrons. The fraction of sp³-hybridized carbons (Fsp3) is 0.476. The van der Waals surface area contributed by atoms with Crippen LogP contribution in [0.3, 0.4) is 0 Å². The number of hydrogen-bond acceptors (Lipinski definition) is 4. The van der Waals surface area contributed by atoms with Crippen LogP contribution in [-0.4, -0.2) is 39.7 Å². The van der Waals surface area contributed by atoms with E-state index in [0.29, 0.717) is 37.4 Å². The van der Waals surface area contributed by atoms with Crippen molar-refractivity contribution in [1.29, 1.82) is 0 Å². The number of ether oxygens (including phenoxy) is 1. The Morgan fingerprint density at radius 2 is 1.85 bits per heavy atom. The Bertz CT molecular complexity index is 860. The van der Waals surface area contributed by atoms with Crippen molar-refractivity contribution in [1.82, 2.24) is 14.7 Å². The van der Waals surface area contributed by atoms with E-state index in [0.717, 1.165) is 11.3 Å². The van der Waals surface area contributed by atoms with Gasteiger partial charge in [-0.2, -0.15) is 5.10 Å². The van der Waals surface area contributed by atoms with Crippen molar-refractivity contribution < 1.29 is 14.3 Å². The molecule has 27 heavy (non-hydrogen) atoms. The highest BCUT2D eigenvalue weighted by molar-refractivity contribution is 5.95. The Labute approximate surface area is 160 Å². The van der Waals surface area contributed by atoms with Gasteiger partial charge in [0.25, 0.3) is 5.91 Å². The lowest BCUT2D eigenvalue weighted by molar-refractivity contribution is 0.0508. The van der Waals surface area contributed by atoms with Crippen LogP contribution < -0.4 is 0 Å². The summed E-state index contributed by atoms with van der Waals surface area (Å²) < 4.78 is 6.72. The molecular formula is C21H27N3O3. The number of aromatic nitrogens is 2. The molecule has 6 heteroatoms. The third kappa shape index (κ3) is 3.75. The summed E-state index contributed by atoms with van der Waals surface area (Å²) in [5.41, 5.74) is 4.00. The number of carbonyl (C=O) groups is 2. The first-order valence-corrected chi connectivity index (χ1v) is 9.34. The fourth-order valence-corrected chi connectivity index (χ4v) is 3.42. The van der Waals surface area contributed by atoms with Crippen LogP contribution >= 0.6 is 0 Å². The molecule has 0 saturated heterocycles. The average molecular weight is 369 g/mol. The predicted molar refractivity (Wildman–Crippen MR) is 103 cm³/mol.